The smallest absolute Gasteiger partial charge is 0.202 e. The molecule has 0 N–H and O–H groups in total. The van der Waals surface area contributed by atoms with E-state index < -0.39 is 64.3 Å². The molecule has 3 aromatic carbocycles. The van der Waals surface area contributed by atoms with Gasteiger partial charge in [-0.3, -0.25) is 0 Å². The van der Waals surface area contributed by atoms with Gasteiger partial charge < -0.3 is 0 Å². The predicted octanol–water partition coefficient (Wildman–Crippen LogP) is 1.98. The number of hydrogen-bond donors (Lipinski definition) is 0. The average molecular weight is 556 g/mol. The van der Waals surface area contributed by atoms with Crippen molar-refractivity contribution in [3.8, 4) is 0 Å². The molecule has 0 aromatic heterocycles. The lowest BCUT2D eigenvalue weighted by molar-refractivity contribution is -1.03. The Kier molecular flexibility index (Phi) is 6.48. The minimum absolute atomic E-state index is 0.459. The van der Waals surface area contributed by atoms with Gasteiger partial charge in [-0.05, 0) is 40.6 Å². The Morgan fingerprint density at radius 3 is 1.33 bits per heavy atom. The predicted molar refractivity (Wildman–Crippen MR) is 94.3 cm³/mol. The molecule has 0 aliphatic rings. The molecular weight excluding hydrogens is 542 g/mol. The highest BCUT2D eigenvalue weighted by Gasteiger charge is 2.42. The molecule has 0 unspecified atom stereocenters. The molecular formula is C20H14F5IO3S+. The van der Waals surface area contributed by atoms with Crippen molar-refractivity contribution in [2.75, 3.05) is 0 Å². The van der Waals surface area contributed by atoms with Crippen molar-refractivity contribution in [1.82, 2.24) is 0 Å². The lowest BCUT2D eigenvalue weighted by atomic mass is 10.2. The third kappa shape index (κ3) is 4.35. The van der Waals surface area contributed by atoms with Gasteiger partial charge in [-0.25, -0.2) is 22.0 Å². The molecule has 3 aromatic rings. The molecule has 0 heterocycles. The first-order chi connectivity index (χ1) is 14.0. The summed E-state index contributed by atoms with van der Waals surface area (Å²) in [5.74, 6) is -12.1. The van der Waals surface area contributed by atoms with Crippen LogP contribution in [0, 0.1) is 50.1 Å². The average Bonchev–Trinajstić information content (AvgIpc) is 2.70. The second-order valence-corrected chi connectivity index (χ2v) is 12.7. The van der Waals surface area contributed by atoms with Gasteiger partial charge in [0.2, 0.25) is 5.82 Å². The quantitative estimate of drug-likeness (QED) is 0.209. The van der Waals surface area contributed by atoms with Crippen LogP contribution in [0.4, 0.5) is 22.0 Å². The Labute approximate surface area is 177 Å². The van der Waals surface area contributed by atoms with E-state index in [0.29, 0.717) is 7.14 Å². The van der Waals surface area contributed by atoms with E-state index in [4.69, 9.17) is 2.51 Å². The van der Waals surface area contributed by atoms with E-state index in [0.717, 1.165) is 11.1 Å². The van der Waals surface area contributed by atoms with Crippen molar-refractivity contribution in [1.29, 1.82) is 0 Å². The fraction of sp³-hybridized carbons (Fsp3) is 0.100. The van der Waals surface area contributed by atoms with Crippen LogP contribution in [-0.4, -0.2) is 8.42 Å². The van der Waals surface area contributed by atoms with Gasteiger partial charge in [-0.15, -0.1) is 0 Å². The van der Waals surface area contributed by atoms with E-state index in [2.05, 4.69) is 0 Å². The topological polar surface area (TPSA) is 43.4 Å². The highest BCUT2D eigenvalue weighted by Crippen LogP contribution is 2.27. The van der Waals surface area contributed by atoms with Crippen LogP contribution in [0.3, 0.4) is 0 Å². The first-order valence-electron chi connectivity index (χ1n) is 8.32. The number of rotatable bonds is 5. The summed E-state index contributed by atoms with van der Waals surface area (Å²) < 4.78 is 100.0. The maximum atomic E-state index is 14.1. The largest absolute Gasteiger partial charge is 0.342 e. The van der Waals surface area contributed by atoms with Crippen LogP contribution in [0.15, 0.2) is 53.4 Å². The lowest BCUT2D eigenvalue weighted by Gasteiger charge is -2.09. The number of halogens is 6. The summed E-state index contributed by atoms with van der Waals surface area (Å²) in [4.78, 5) is -2.00. The molecule has 0 bridgehead atoms. The zero-order chi connectivity index (χ0) is 22.2. The molecule has 1 radical (unpaired) electrons. The zero-order valence-corrected chi connectivity index (χ0v) is 18.5. The van der Waals surface area contributed by atoms with Crippen LogP contribution in [0.1, 0.15) is 11.1 Å². The summed E-state index contributed by atoms with van der Waals surface area (Å²) >= 11 is -3.36. The number of hydrogen-bond acceptors (Lipinski definition) is 3. The zero-order valence-electron chi connectivity index (χ0n) is 15.5. The highest BCUT2D eigenvalue weighted by atomic mass is 127. The van der Waals surface area contributed by atoms with Gasteiger partial charge in [0.25, 0.3) is 0 Å². The van der Waals surface area contributed by atoms with Gasteiger partial charge in [0.15, 0.2) is 35.3 Å². The van der Waals surface area contributed by atoms with Crippen molar-refractivity contribution in [3.63, 3.8) is 0 Å². The molecule has 0 amide bonds. The van der Waals surface area contributed by atoms with Crippen LogP contribution in [-0.2, 0) is 12.6 Å². The van der Waals surface area contributed by atoms with E-state index in [9.17, 15) is 30.4 Å². The first-order valence-corrected chi connectivity index (χ1v) is 12.8. The van der Waals surface area contributed by atoms with Gasteiger partial charge in [-0.2, -0.15) is 8.42 Å². The summed E-state index contributed by atoms with van der Waals surface area (Å²) in [6.07, 6.45) is 0. The minimum atomic E-state index is -5.33. The Hall–Kier alpha value is -2.05. The number of aryl methyl sites for hydroxylation is 2. The summed E-state index contributed by atoms with van der Waals surface area (Å²) in [5, 5.41) is 0. The molecule has 0 aliphatic carbocycles. The Morgan fingerprint density at radius 2 is 0.967 bits per heavy atom. The van der Waals surface area contributed by atoms with E-state index in [1.807, 2.05) is 0 Å². The normalized spacial score (nSPS) is 11.9. The third-order valence-corrected chi connectivity index (χ3v) is 11.3. The molecule has 3 rings (SSSR count). The monoisotopic (exact) mass is 556 g/mol. The van der Waals surface area contributed by atoms with Crippen molar-refractivity contribution >= 4 is 10.1 Å². The van der Waals surface area contributed by atoms with Gasteiger partial charge >= 0.3 is 30.4 Å². The van der Waals surface area contributed by atoms with E-state index in [1.54, 1.807) is 62.4 Å². The van der Waals surface area contributed by atoms with Crippen molar-refractivity contribution < 1.29 is 53.1 Å². The molecule has 30 heavy (non-hydrogen) atoms. The molecule has 0 saturated heterocycles. The van der Waals surface area contributed by atoms with E-state index >= 15 is 0 Å². The maximum Gasteiger partial charge on any atom is 0.342 e. The molecule has 0 spiro atoms. The molecule has 0 atom stereocenters. The summed E-state index contributed by atoms with van der Waals surface area (Å²) in [6.45, 7) is 3.61. The molecule has 0 aliphatic heterocycles. The molecule has 159 valence electrons. The van der Waals surface area contributed by atoms with E-state index in [-0.39, 0.29) is 0 Å². The summed E-state index contributed by atoms with van der Waals surface area (Å²) in [5.41, 5.74) is 1.75. The van der Waals surface area contributed by atoms with Gasteiger partial charge in [-0.1, -0.05) is 35.4 Å². The first kappa shape index (κ1) is 22.6. The van der Waals surface area contributed by atoms with Crippen LogP contribution in [0.5, 0.6) is 0 Å². The molecule has 0 fully saturated rings. The SMILES string of the molecule is Cc1ccc([I+](OS(=O)(=O)c2c(F)c(F)c(F)c(F)c2F)c2ccc(C)cc2)cc1. The molecule has 10 heteroatoms. The standard InChI is InChI=1S/C20H14F5IO3S/c1-11-3-7-13(8-4-11)26(14-9-5-12(2)6-10-14)29-30(27,28)20-18(24)16(22)15(21)17(23)19(20)25/h3-10H,1-2H3/q+1. The second kappa shape index (κ2) is 8.60. The van der Waals surface area contributed by atoms with Gasteiger partial charge in [0.05, 0.1) is 0 Å². The van der Waals surface area contributed by atoms with Gasteiger partial charge in [0, 0.05) is 0 Å². The second-order valence-electron chi connectivity index (χ2n) is 6.26. The van der Waals surface area contributed by atoms with E-state index in [1.165, 1.54) is 0 Å². The highest BCUT2D eigenvalue weighted by molar-refractivity contribution is 7.86. The summed E-state index contributed by atoms with van der Waals surface area (Å²) in [6, 6.07) is 13.2. The Morgan fingerprint density at radius 1 is 0.633 bits per heavy atom. The number of benzene rings is 3. The van der Waals surface area contributed by atoms with Crippen molar-refractivity contribution in [2.45, 2.75) is 18.7 Å². The fourth-order valence-corrected chi connectivity index (χ4v) is 9.36. The summed E-state index contributed by atoms with van der Waals surface area (Å²) in [7, 11) is -5.33. The minimum Gasteiger partial charge on any atom is -0.202 e. The van der Waals surface area contributed by atoms with Crippen LogP contribution < -0.4 is 20.2 Å². The van der Waals surface area contributed by atoms with Crippen molar-refractivity contribution in [3.05, 3.63) is 95.9 Å². The van der Waals surface area contributed by atoms with Gasteiger partial charge in [0.1, 0.15) is 0 Å². The fourth-order valence-electron chi connectivity index (χ4n) is 2.41. The Bertz CT molecular complexity index is 1120. The molecule has 0 saturated carbocycles. The van der Waals surface area contributed by atoms with Crippen molar-refractivity contribution in [2.24, 2.45) is 0 Å². The van der Waals surface area contributed by atoms with Crippen LogP contribution in [0.2, 0.25) is 0 Å². The maximum absolute atomic E-state index is 14.1. The Balaban J connectivity index is 2.15. The third-order valence-electron chi connectivity index (χ3n) is 3.98. The van der Waals surface area contributed by atoms with Crippen LogP contribution >= 0.6 is 0 Å². The molecule has 3 nitrogen and oxygen atoms in total. The lowest BCUT2D eigenvalue weighted by Crippen LogP contribution is -3.85. The van der Waals surface area contributed by atoms with Crippen LogP contribution in [0.25, 0.3) is 0 Å².